The van der Waals surface area contributed by atoms with Crippen molar-refractivity contribution in [3.8, 4) is 0 Å². The van der Waals surface area contributed by atoms with Crippen LogP contribution in [0.3, 0.4) is 0 Å². The van der Waals surface area contributed by atoms with Crippen LogP contribution in [0.1, 0.15) is 20.8 Å². The van der Waals surface area contributed by atoms with E-state index in [-0.39, 0.29) is 17.2 Å². The van der Waals surface area contributed by atoms with Gasteiger partial charge in [-0.25, -0.2) is 0 Å². The molecule has 0 saturated carbocycles. The Labute approximate surface area is 88.4 Å². The maximum atomic E-state index is 11.4. The van der Waals surface area contributed by atoms with Crippen LogP contribution in [0.5, 0.6) is 0 Å². The van der Waals surface area contributed by atoms with Crippen molar-refractivity contribution in [1.29, 1.82) is 0 Å². The number of nitrogens with one attached hydrogen (secondary N) is 1. The van der Waals surface area contributed by atoms with Gasteiger partial charge in [-0.05, 0) is 27.0 Å². The van der Waals surface area contributed by atoms with Gasteiger partial charge in [-0.1, -0.05) is 0 Å². The highest BCUT2D eigenvalue weighted by Crippen LogP contribution is 2.07. The quantitative estimate of drug-likeness (QED) is 0.723. The third kappa shape index (κ3) is 4.00. The Morgan fingerprint density at radius 1 is 1.29 bits per heavy atom. The van der Waals surface area contributed by atoms with Crippen LogP contribution in [-0.2, 0) is 9.59 Å². The summed E-state index contributed by atoms with van der Waals surface area (Å²) in [4.78, 5) is 22.0. The van der Waals surface area contributed by atoms with Gasteiger partial charge in [0.05, 0.1) is 11.2 Å². The summed E-state index contributed by atoms with van der Waals surface area (Å²) in [6, 6.07) is -0.338. The average Bonchev–Trinajstić information content (AvgIpc) is 2.14. The summed E-state index contributed by atoms with van der Waals surface area (Å²) in [6.07, 6.45) is 1.84. The van der Waals surface area contributed by atoms with Gasteiger partial charge in [0.2, 0.25) is 5.91 Å². The zero-order chi connectivity index (χ0) is 11.3. The van der Waals surface area contributed by atoms with Crippen molar-refractivity contribution in [1.82, 2.24) is 5.32 Å². The summed E-state index contributed by atoms with van der Waals surface area (Å²) in [5, 5.41) is 11.2. The Morgan fingerprint density at radius 2 is 1.79 bits per heavy atom. The maximum Gasteiger partial charge on any atom is 0.308 e. The molecule has 0 aromatic heterocycles. The Morgan fingerprint density at radius 3 is 2.14 bits per heavy atom. The second kappa shape index (κ2) is 5.90. The summed E-state index contributed by atoms with van der Waals surface area (Å²) in [5.41, 5.74) is 0. The van der Waals surface area contributed by atoms with Gasteiger partial charge in [0.15, 0.2) is 0 Å². The number of hydrogen-bond acceptors (Lipinski definition) is 3. The summed E-state index contributed by atoms with van der Waals surface area (Å²) in [5.74, 6) is -1.57. The first-order valence-corrected chi connectivity index (χ1v) is 5.75. The van der Waals surface area contributed by atoms with E-state index in [0.717, 1.165) is 0 Å². The summed E-state index contributed by atoms with van der Waals surface area (Å²) in [7, 11) is 0. The van der Waals surface area contributed by atoms with E-state index in [1.165, 1.54) is 11.8 Å². The molecule has 2 N–H and O–H groups in total. The van der Waals surface area contributed by atoms with Crippen molar-refractivity contribution >= 4 is 23.6 Å². The Bertz CT molecular complexity index is 220. The van der Waals surface area contributed by atoms with Crippen LogP contribution in [-0.4, -0.2) is 34.5 Å². The third-order valence-electron chi connectivity index (χ3n) is 2.23. The molecule has 5 heteroatoms. The number of hydrogen-bond donors (Lipinski definition) is 2. The molecule has 0 aromatic rings. The predicted molar refractivity (Wildman–Crippen MR) is 57.4 cm³/mol. The molecule has 0 radical (unpaired) electrons. The lowest BCUT2D eigenvalue weighted by molar-refractivity contribution is -0.142. The number of carbonyl (C=O) groups is 2. The molecule has 3 unspecified atom stereocenters. The van der Waals surface area contributed by atoms with Crippen LogP contribution in [0, 0.1) is 5.92 Å². The lowest BCUT2D eigenvalue weighted by Crippen LogP contribution is -2.43. The second-order valence-electron chi connectivity index (χ2n) is 3.30. The van der Waals surface area contributed by atoms with Crippen molar-refractivity contribution in [3.05, 3.63) is 0 Å². The van der Waals surface area contributed by atoms with Crippen LogP contribution in [0.15, 0.2) is 0 Å². The Balaban J connectivity index is 4.12. The van der Waals surface area contributed by atoms with E-state index >= 15 is 0 Å². The van der Waals surface area contributed by atoms with Crippen molar-refractivity contribution in [2.45, 2.75) is 32.1 Å². The average molecular weight is 219 g/mol. The smallest absolute Gasteiger partial charge is 0.308 e. The van der Waals surface area contributed by atoms with E-state index in [1.54, 1.807) is 20.8 Å². The molecule has 0 aliphatic rings. The molecule has 0 rings (SSSR count). The first-order chi connectivity index (χ1) is 6.40. The number of rotatable bonds is 5. The summed E-state index contributed by atoms with van der Waals surface area (Å²) >= 11 is 1.44. The molecule has 0 aromatic carbocycles. The van der Waals surface area contributed by atoms with Gasteiger partial charge in [-0.15, -0.1) is 0 Å². The van der Waals surface area contributed by atoms with Gasteiger partial charge < -0.3 is 10.4 Å². The molecule has 82 valence electrons. The first kappa shape index (κ1) is 13.3. The molecule has 4 nitrogen and oxygen atoms in total. The van der Waals surface area contributed by atoms with E-state index in [0.29, 0.717) is 0 Å². The fourth-order valence-corrected chi connectivity index (χ4v) is 1.07. The fraction of sp³-hybridized carbons (Fsp3) is 0.778. The SMILES string of the molecule is CSC(C)C(=O)NC(C)C(C)C(=O)O. The van der Waals surface area contributed by atoms with Crippen molar-refractivity contribution < 1.29 is 14.7 Å². The summed E-state index contributed by atoms with van der Waals surface area (Å²) in [6.45, 7) is 5.07. The highest BCUT2D eigenvalue weighted by atomic mass is 32.2. The molecule has 1 amide bonds. The van der Waals surface area contributed by atoms with E-state index in [1.807, 2.05) is 6.26 Å². The van der Waals surface area contributed by atoms with E-state index in [2.05, 4.69) is 5.32 Å². The first-order valence-electron chi connectivity index (χ1n) is 4.46. The number of thioether (sulfide) groups is 1. The second-order valence-corrected chi connectivity index (χ2v) is 4.48. The van der Waals surface area contributed by atoms with Crippen molar-refractivity contribution in [3.63, 3.8) is 0 Å². The minimum absolute atomic E-state index is 0.113. The maximum absolute atomic E-state index is 11.4. The van der Waals surface area contributed by atoms with Gasteiger partial charge in [-0.2, -0.15) is 11.8 Å². The molecule has 0 aliphatic carbocycles. The molecule has 0 bridgehead atoms. The van der Waals surface area contributed by atoms with Crippen LogP contribution < -0.4 is 5.32 Å². The largest absolute Gasteiger partial charge is 0.481 e. The molecule has 0 spiro atoms. The highest BCUT2D eigenvalue weighted by molar-refractivity contribution is 7.99. The van der Waals surface area contributed by atoms with Crippen LogP contribution in [0.4, 0.5) is 0 Å². The number of carbonyl (C=O) groups excluding carboxylic acids is 1. The Kier molecular flexibility index (Phi) is 5.60. The molecule has 0 aliphatic heterocycles. The van der Waals surface area contributed by atoms with Crippen LogP contribution in [0.25, 0.3) is 0 Å². The van der Waals surface area contributed by atoms with Gasteiger partial charge >= 0.3 is 5.97 Å². The number of carboxylic acids is 1. The zero-order valence-electron chi connectivity index (χ0n) is 8.90. The van der Waals surface area contributed by atoms with E-state index in [4.69, 9.17) is 5.11 Å². The third-order valence-corrected chi connectivity index (χ3v) is 3.15. The minimum Gasteiger partial charge on any atom is -0.481 e. The topological polar surface area (TPSA) is 66.4 Å². The van der Waals surface area contributed by atoms with Gasteiger partial charge in [0.25, 0.3) is 0 Å². The highest BCUT2D eigenvalue weighted by Gasteiger charge is 2.22. The minimum atomic E-state index is -0.894. The molecule has 0 saturated heterocycles. The van der Waals surface area contributed by atoms with E-state index in [9.17, 15) is 9.59 Å². The number of amides is 1. The number of aliphatic carboxylic acids is 1. The molecule has 3 atom stereocenters. The molecule has 14 heavy (non-hydrogen) atoms. The monoisotopic (exact) mass is 219 g/mol. The molecule has 0 fully saturated rings. The fourth-order valence-electron chi connectivity index (χ4n) is 0.788. The number of carboxylic acid groups (broad SMARTS) is 1. The molecule has 0 heterocycles. The van der Waals surface area contributed by atoms with E-state index < -0.39 is 11.9 Å². The normalized spacial score (nSPS) is 16.9. The van der Waals surface area contributed by atoms with Crippen LogP contribution >= 0.6 is 11.8 Å². The molecular weight excluding hydrogens is 202 g/mol. The lowest BCUT2D eigenvalue weighted by atomic mass is 10.0. The standard InChI is InChI=1S/C9H17NO3S/c1-5(9(12)13)6(2)10-8(11)7(3)14-4/h5-7H,1-4H3,(H,10,11)(H,12,13). The van der Waals surface area contributed by atoms with Crippen molar-refractivity contribution in [2.75, 3.05) is 6.26 Å². The van der Waals surface area contributed by atoms with Crippen LogP contribution in [0.2, 0.25) is 0 Å². The van der Waals surface area contributed by atoms with Crippen molar-refractivity contribution in [2.24, 2.45) is 5.92 Å². The van der Waals surface area contributed by atoms with Gasteiger partial charge in [0.1, 0.15) is 0 Å². The molecular formula is C9H17NO3S. The zero-order valence-corrected chi connectivity index (χ0v) is 9.72. The Hall–Kier alpha value is -0.710. The lowest BCUT2D eigenvalue weighted by Gasteiger charge is -2.19. The summed E-state index contributed by atoms with van der Waals surface area (Å²) < 4.78 is 0. The van der Waals surface area contributed by atoms with Gasteiger partial charge in [-0.3, -0.25) is 9.59 Å². The van der Waals surface area contributed by atoms with Gasteiger partial charge in [0, 0.05) is 6.04 Å². The predicted octanol–water partition coefficient (Wildman–Crippen LogP) is 0.963.